The van der Waals surface area contributed by atoms with Crippen molar-refractivity contribution in [2.45, 2.75) is 13.0 Å². The highest BCUT2D eigenvalue weighted by Gasteiger charge is 2.06. The minimum atomic E-state index is 0.409. The standard InChI is InChI=1S/C10H14ClN7/c1-12-8-9(11)14-7-15-10(8)13-3-2-5-18-6-4-16-17-18/h4,6-7,12H,2-3,5H2,1H3,(H,13,14,15). The number of hydrogen-bond donors (Lipinski definition) is 2. The van der Waals surface area contributed by atoms with Gasteiger partial charge in [0.05, 0.1) is 6.20 Å². The van der Waals surface area contributed by atoms with Gasteiger partial charge in [0.25, 0.3) is 0 Å². The van der Waals surface area contributed by atoms with Crippen LogP contribution in [0.3, 0.4) is 0 Å². The van der Waals surface area contributed by atoms with E-state index in [1.165, 1.54) is 6.33 Å². The Morgan fingerprint density at radius 2 is 2.28 bits per heavy atom. The van der Waals surface area contributed by atoms with Crippen molar-refractivity contribution in [3.8, 4) is 0 Å². The van der Waals surface area contributed by atoms with E-state index in [0.717, 1.165) is 19.5 Å². The van der Waals surface area contributed by atoms with Crippen molar-refractivity contribution in [2.24, 2.45) is 0 Å². The maximum absolute atomic E-state index is 5.95. The minimum Gasteiger partial charge on any atom is -0.383 e. The fourth-order valence-corrected chi connectivity index (χ4v) is 1.75. The number of halogens is 1. The Bertz CT molecular complexity index is 485. The van der Waals surface area contributed by atoms with Crippen molar-refractivity contribution in [2.75, 3.05) is 24.2 Å². The molecule has 7 nitrogen and oxygen atoms in total. The number of hydrogen-bond acceptors (Lipinski definition) is 6. The zero-order valence-electron chi connectivity index (χ0n) is 9.97. The van der Waals surface area contributed by atoms with Crippen LogP contribution in [0.25, 0.3) is 0 Å². The largest absolute Gasteiger partial charge is 0.383 e. The highest BCUT2D eigenvalue weighted by Crippen LogP contribution is 2.24. The summed E-state index contributed by atoms with van der Waals surface area (Å²) in [5.74, 6) is 0.705. The third-order valence-corrected chi connectivity index (χ3v) is 2.67. The molecular weight excluding hydrogens is 254 g/mol. The molecule has 96 valence electrons. The van der Waals surface area contributed by atoms with E-state index in [4.69, 9.17) is 11.6 Å². The zero-order chi connectivity index (χ0) is 12.8. The number of aryl methyl sites for hydroxylation is 1. The van der Waals surface area contributed by atoms with Gasteiger partial charge < -0.3 is 10.6 Å². The first-order chi connectivity index (χ1) is 8.81. The molecule has 0 aromatic carbocycles. The molecule has 0 unspecified atom stereocenters. The molecule has 0 atom stereocenters. The summed E-state index contributed by atoms with van der Waals surface area (Å²) >= 11 is 5.95. The molecule has 2 aromatic rings. The zero-order valence-corrected chi connectivity index (χ0v) is 10.7. The van der Waals surface area contributed by atoms with E-state index in [2.05, 4.69) is 30.9 Å². The molecule has 0 aliphatic carbocycles. The van der Waals surface area contributed by atoms with Crippen LogP contribution in [-0.2, 0) is 6.54 Å². The van der Waals surface area contributed by atoms with Crippen LogP contribution in [0.1, 0.15) is 6.42 Å². The van der Waals surface area contributed by atoms with Crippen molar-refractivity contribution in [3.63, 3.8) is 0 Å². The van der Waals surface area contributed by atoms with Crippen molar-refractivity contribution in [1.82, 2.24) is 25.0 Å². The third kappa shape index (κ3) is 3.07. The van der Waals surface area contributed by atoms with E-state index in [9.17, 15) is 0 Å². The van der Waals surface area contributed by atoms with E-state index >= 15 is 0 Å². The van der Waals surface area contributed by atoms with Gasteiger partial charge in [-0.25, -0.2) is 9.97 Å². The molecular formula is C10H14ClN7. The molecule has 0 fully saturated rings. The number of nitrogens with zero attached hydrogens (tertiary/aromatic N) is 5. The Balaban J connectivity index is 1.85. The van der Waals surface area contributed by atoms with Gasteiger partial charge in [-0.05, 0) is 6.42 Å². The van der Waals surface area contributed by atoms with Crippen LogP contribution >= 0.6 is 11.6 Å². The highest BCUT2D eigenvalue weighted by molar-refractivity contribution is 6.32. The van der Waals surface area contributed by atoms with E-state index in [-0.39, 0.29) is 0 Å². The van der Waals surface area contributed by atoms with Gasteiger partial charge in [-0.3, -0.25) is 4.68 Å². The van der Waals surface area contributed by atoms with Gasteiger partial charge in [0.1, 0.15) is 12.0 Å². The lowest BCUT2D eigenvalue weighted by Gasteiger charge is -2.10. The second kappa shape index (κ2) is 6.15. The summed E-state index contributed by atoms with van der Waals surface area (Å²) < 4.78 is 1.79. The molecule has 0 radical (unpaired) electrons. The van der Waals surface area contributed by atoms with Crippen molar-refractivity contribution < 1.29 is 0 Å². The average molecular weight is 268 g/mol. The molecule has 18 heavy (non-hydrogen) atoms. The van der Waals surface area contributed by atoms with Gasteiger partial charge in [-0.1, -0.05) is 16.8 Å². The Hall–Kier alpha value is -1.89. The normalized spacial score (nSPS) is 10.3. The van der Waals surface area contributed by atoms with Gasteiger partial charge in [0.2, 0.25) is 0 Å². The summed E-state index contributed by atoms with van der Waals surface area (Å²) in [5.41, 5.74) is 0.708. The molecule has 2 heterocycles. The van der Waals surface area contributed by atoms with Gasteiger partial charge in [0.15, 0.2) is 11.0 Å². The van der Waals surface area contributed by atoms with Crippen LogP contribution in [0.2, 0.25) is 5.15 Å². The smallest absolute Gasteiger partial charge is 0.157 e. The lowest BCUT2D eigenvalue weighted by Crippen LogP contribution is -2.10. The monoisotopic (exact) mass is 267 g/mol. The lowest BCUT2D eigenvalue weighted by molar-refractivity contribution is 0.569. The van der Waals surface area contributed by atoms with Gasteiger partial charge in [0, 0.05) is 26.3 Å². The molecule has 2 N–H and O–H groups in total. The summed E-state index contributed by atoms with van der Waals surface area (Å²) in [4.78, 5) is 8.05. The fraction of sp³-hybridized carbons (Fsp3) is 0.400. The summed E-state index contributed by atoms with van der Waals surface area (Å²) in [6.45, 7) is 1.57. The maximum atomic E-state index is 5.95. The molecule has 0 aliphatic heterocycles. The SMILES string of the molecule is CNc1c(Cl)ncnc1NCCCn1ccnn1. The van der Waals surface area contributed by atoms with Gasteiger partial charge in [-0.15, -0.1) is 5.10 Å². The summed E-state index contributed by atoms with van der Waals surface area (Å²) in [6, 6.07) is 0. The van der Waals surface area contributed by atoms with E-state index in [1.807, 2.05) is 6.20 Å². The average Bonchev–Trinajstić information content (AvgIpc) is 2.88. The Labute approximate surface area is 110 Å². The fourth-order valence-electron chi connectivity index (χ4n) is 1.52. The Morgan fingerprint density at radius 1 is 1.39 bits per heavy atom. The van der Waals surface area contributed by atoms with Crippen LogP contribution in [0.5, 0.6) is 0 Å². The second-order valence-corrected chi connectivity index (χ2v) is 3.94. The van der Waals surface area contributed by atoms with E-state index in [1.54, 1.807) is 17.9 Å². The topological polar surface area (TPSA) is 80.5 Å². The van der Waals surface area contributed by atoms with Crippen molar-refractivity contribution >= 4 is 23.1 Å². The van der Waals surface area contributed by atoms with Crippen LogP contribution < -0.4 is 10.6 Å². The lowest BCUT2D eigenvalue weighted by atomic mass is 10.4. The first-order valence-electron chi connectivity index (χ1n) is 5.57. The van der Waals surface area contributed by atoms with Crippen molar-refractivity contribution in [1.29, 1.82) is 0 Å². The molecule has 0 aliphatic rings. The van der Waals surface area contributed by atoms with Crippen LogP contribution in [0, 0.1) is 0 Å². The first-order valence-corrected chi connectivity index (χ1v) is 5.95. The molecule has 8 heteroatoms. The van der Waals surface area contributed by atoms with Crippen LogP contribution in [0.4, 0.5) is 11.5 Å². The predicted octanol–water partition coefficient (Wildman–Crippen LogP) is 1.27. The Kier molecular flexibility index (Phi) is 4.30. The number of rotatable bonds is 6. The molecule has 0 saturated heterocycles. The molecule has 0 amide bonds. The van der Waals surface area contributed by atoms with Gasteiger partial charge in [-0.2, -0.15) is 0 Å². The Morgan fingerprint density at radius 3 is 3.00 bits per heavy atom. The summed E-state index contributed by atoms with van der Waals surface area (Å²) in [6.07, 6.45) is 5.84. The maximum Gasteiger partial charge on any atom is 0.157 e. The quantitative estimate of drug-likeness (QED) is 0.606. The number of aromatic nitrogens is 5. The molecule has 0 spiro atoms. The molecule has 2 rings (SSSR count). The van der Waals surface area contributed by atoms with E-state index in [0.29, 0.717) is 16.7 Å². The summed E-state index contributed by atoms with van der Waals surface area (Å²) in [7, 11) is 1.78. The molecule has 0 bridgehead atoms. The summed E-state index contributed by atoms with van der Waals surface area (Å²) in [5, 5.41) is 14.2. The van der Waals surface area contributed by atoms with E-state index < -0.39 is 0 Å². The highest BCUT2D eigenvalue weighted by atomic mass is 35.5. The first kappa shape index (κ1) is 12.6. The number of anilines is 2. The second-order valence-electron chi connectivity index (χ2n) is 3.58. The third-order valence-electron chi connectivity index (χ3n) is 2.38. The molecule has 2 aromatic heterocycles. The van der Waals surface area contributed by atoms with Crippen molar-refractivity contribution in [3.05, 3.63) is 23.9 Å². The van der Waals surface area contributed by atoms with Crippen LogP contribution in [0.15, 0.2) is 18.7 Å². The minimum absolute atomic E-state index is 0.409. The van der Waals surface area contributed by atoms with Crippen LogP contribution in [-0.4, -0.2) is 38.6 Å². The van der Waals surface area contributed by atoms with Gasteiger partial charge >= 0.3 is 0 Å². The predicted molar refractivity (Wildman–Crippen MR) is 69.7 cm³/mol. The number of nitrogens with one attached hydrogen (secondary N) is 2. The molecule has 0 saturated carbocycles.